The Morgan fingerprint density at radius 2 is 2.37 bits per heavy atom. The van der Waals surface area contributed by atoms with E-state index in [2.05, 4.69) is 25.8 Å². The molecular weight excluding hydrogens is 308 g/mol. The number of pyridine rings is 1. The van der Waals surface area contributed by atoms with E-state index in [0.717, 1.165) is 34.0 Å². The van der Waals surface area contributed by atoms with E-state index in [0.29, 0.717) is 0 Å². The molecule has 1 aliphatic rings. The largest absolute Gasteiger partial charge is 0.467 e. The standard InChI is InChI=1S/C14H13BrN2O2/c1-19-14(18)12-5-6-17(12)11-4-2-3-9-7-10(15)8-16-13(9)11/h2-4,7-8,12H,5-6H2,1H3. The van der Waals surface area contributed by atoms with Gasteiger partial charge in [-0.15, -0.1) is 0 Å². The first-order valence-corrected chi connectivity index (χ1v) is 6.89. The van der Waals surface area contributed by atoms with Gasteiger partial charge in [-0.05, 0) is 34.5 Å². The summed E-state index contributed by atoms with van der Waals surface area (Å²) in [5.41, 5.74) is 1.91. The van der Waals surface area contributed by atoms with Crippen LogP contribution in [0.25, 0.3) is 10.9 Å². The Labute approximate surface area is 119 Å². The van der Waals surface area contributed by atoms with Gasteiger partial charge in [-0.1, -0.05) is 12.1 Å². The van der Waals surface area contributed by atoms with Crippen molar-refractivity contribution < 1.29 is 9.53 Å². The minimum Gasteiger partial charge on any atom is -0.467 e. The highest BCUT2D eigenvalue weighted by Gasteiger charge is 2.36. The molecule has 1 aliphatic heterocycles. The molecule has 0 amide bonds. The quantitative estimate of drug-likeness (QED) is 0.798. The minimum absolute atomic E-state index is 0.180. The van der Waals surface area contributed by atoms with Crippen molar-refractivity contribution in [2.75, 3.05) is 18.6 Å². The topological polar surface area (TPSA) is 42.4 Å². The van der Waals surface area contributed by atoms with Crippen molar-refractivity contribution >= 4 is 38.5 Å². The number of ether oxygens (including phenoxy) is 1. The number of hydrogen-bond acceptors (Lipinski definition) is 4. The summed E-state index contributed by atoms with van der Waals surface area (Å²) < 4.78 is 5.78. The van der Waals surface area contributed by atoms with Crippen LogP contribution < -0.4 is 4.90 Å². The molecule has 0 bridgehead atoms. The minimum atomic E-state index is -0.180. The molecular formula is C14H13BrN2O2. The van der Waals surface area contributed by atoms with E-state index in [1.807, 2.05) is 24.3 Å². The summed E-state index contributed by atoms with van der Waals surface area (Å²) in [6.07, 6.45) is 2.61. The molecule has 1 fully saturated rings. The molecule has 0 N–H and O–H groups in total. The molecule has 0 radical (unpaired) electrons. The van der Waals surface area contributed by atoms with Gasteiger partial charge in [0.15, 0.2) is 0 Å². The fourth-order valence-corrected chi connectivity index (χ4v) is 2.76. The van der Waals surface area contributed by atoms with Gasteiger partial charge in [0.25, 0.3) is 0 Å². The summed E-state index contributed by atoms with van der Waals surface area (Å²) in [6.45, 7) is 0.858. The van der Waals surface area contributed by atoms with Crippen LogP contribution in [-0.4, -0.2) is 30.6 Å². The molecule has 2 heterocycles. The molecule has 0 aliphatic carbocycles. The second-order valence-corrected chi connectivity index (χ2v) is 5.44. The first-order chi connectivity index (χ1) is 9.20. The van der Waals surface area contributed by atoms with Crippen LogP contribution in [-0.2, 0) is 9.53 Å². The number of rotatable bonds is 2. The molecule has 1 aromatic heterocycles. The predicted molar refractivity (Wildman–Crippen MR) is 77.2 cm³/mol. The van der Waals surface area contributed by atoms with Gasteiger partial charge in [-0.2, -0.15) is 0 Å². The van der Waals surface area contributed by atoms with Gasteiger partial charge in [0.1, 0.15) is 6.04 Å². The summed E-state index contributed by atoms with van der Waals surface area (Å²) in [5, 5.41) is 1.06. The number of nitrogens with zero attached hydrogens (tertiary/aromatic N) is 2. The smallest absolute Gasteiger partial charge is 0.328 e. The average Bonchev–Trinajstić information content (AvgIpc) is 2.37. The van der Waals surface area contributed by atoms with Crippen molar-refractivity contribution in [2.24, 2.45) is 0 Å². The lowest BCUT2D eigenvalue weighted by Crippen LogP contribution is -2.53. The van der Waals surface area contributed by atoms with Gasteiger partial charge in [-0.3, -0.25) is 4.98 Å². The lowest BCUT2D eigenvalue weighted by atomic mass is 10.0. The Kier molecular flexibility index (Phi) is 3.14. The molecule has 1 aromatic carbocycles. The zero-order valence-corrected chi connectivity index (χ0v) is 12.1. The number of anilines is 1. The molecule has 1 unspecified atom stereocenters. The highest BCUT2D eigenvalue weighted by atomic mass is 79.9. The molecule has 4 nitrogen and oxygen atoms in total. The average molecular weight is 321 g/mol. The Morgan fingerprint density at radius 3 is 3.05 bits per heavy atom. The van der Waals surface area contributed by atoms with Gasteiger partial charge >= 0.3 is 5.97 Å². The molecule has 0 spiro atoms. The van der Waals surface area contributed by atoms with Crippen molar-refractivity contribution in [3.05, 3.63) is 34.9 Å². The van der Waals surface area contributed by atoms with E-state index in [4.69, 9.17) is 4.74 Å². The van der Waals surface area contributed by atoms with Crippen LogP contribution in [0.5, 0.6) is 0 Å². The van der Waals surface area contributed by atoms with E-state index < -0.39 is 0 Å². The number of carbonyl (C=O) groups is 1. The fraction of sp³-hybridized carbons (Fsp3) is 0.286. The van der Waals surface area contributed by atoms with E-state index in [-0.39, 0.29) is 12.0 Å². The second-order valence-electron chi connectivity index (χ2n) is 4.52. The van der Waals surface area contributed by atoms with Crippen LogP contribution in [0.15, 0.2) is 34.9 Å². The van der Waals surface area contributed by atoms with Crippen molar-refractivity contribution in [1.29, 1.82) is 0 Å². The van der Waals surface area contributed by atoms with Gasteiger partial charge in [0, 0.05) is 22.6 Å². The molecule has 1 atom stereocenters. The number of fused-ring (bicyclic) bond motifs is 1. The van der Waals surface area contributed by atoms with Crippen LogP contribution in [0.3, 0.4) is 0 Å². The molecule has 1 saturated heterocycles. The van der Waals surface area contributed by atoms with Crippen molar-refractivity contribution in [2.45, 2.75) is 12.5 Å². The fourth-order valence-electron chi connectivity index (χ4n) is 2.41. The van der Waals surface area contributed by atoms with Crippen LogP contribution >= 0.6 is 15.9 Å². The number of para-hydroxylation sites is 1. The summed E-state index contributed by atoms with van der Waals surface area (Å²) in [5.74, 6) is -0.180. The predicted octanol–water partition coefficient (Wildman–Crippen LogP) is 2.75. The van der Waals surface area contributed by atoms with E-state index >= 15 is 0 Å². The SMILES string of the molecule is COC(=O)C1CCN1c1cccc2cc(Br)cnc12. The van der Waals surface area contributed by atoms with E-state index in [9.17, 15) is 4.79 Å². The first-order valence-electron chi connectivity index (χ1n) is 6.09. The number of aromatic nitrogens is 1. The van der Waals surface area contributed by atoms with Crippen molar-refractivity contribution in [3.8, 4) is 0 Å². The van der Waals surface area contributed by atoms with Gasteiger partial charge in [0.2, 0.25) is 0 Å². The molecule has 5 heteroatoms. The summed E-state index contributed by atoms with van der Waals surface area (Å²) in [4.78, 5) is 18.2. The van der Waals surface area contributed by atoms with E-state index in [1.165, 1.54) is 7.11 Å². The Morgan fingerprint density at radius 1 is 1.53 bits per heavy atom. The highest BCUT2D eigenvalue weighted by molar-refractivity contribution is 9.10. The van der Waals surface area contributed by atoms with Gasteiger partial charge in [0.05, 0.1) is 18.3 Å². The highest BCUT2D eigenvalue weighted by Crippen LogP contribution is 2.33. The number of methoxy groups -OCH3 is 1. The third-order valence-electron chi connectivity index (χ3n) is 3.46. The second kappa shape index (κ2) is 4.81. The van der Waals surface area contributed by atoms with Crippen LogP contribution in [0.1, 0.15) is 6.42 Å². The van der Waals surface area contributed by atoms with Crippen molar-refractivity contribution in [1.82, 2.24) is 4.98 Å². The van der Waals surface area contributed by atoms with Crippen LogP contribution in [0.2, 0.25) is 0 Å². The Balaban J connectivity index is 2.04. The monoisotopic (exact) mass is 320 g/mol. The number of carbonyl (C=O) groups excluding carboxylic acids is 1. The summed E-state index contributed by atoms with van der Waals surface area (Å²) >= 11 is 3.42. The maximum atomic E-state index is 11.7. The molecule has 98 valence electrons. The van der Waals surface area contributed by atoms with Gasteiger partial charge < -0.3 is 9.64 Å². The number of halogens is 1. The van der Waals surface area contributed by atoms with Crippen LogP contribution in [0, 0.1) is 0 Å². The number of esters is 1. The number of hydrogen-bond donors (Lipinski definition) is 0. The summed E-state index contributed by atoms with van der Waals surface area (Å²) in [6, 6.07) is 7.85. The molecule has 2 aromatic rings. The molecule has 3 rings (SSSR count). The Bertz CT molecular complexity index is 644. The Hall–Kier alpha value is -1.62. The maximum Gasteiger partial charge on any atom is 0.328 e. The maximum absolute atomic E-state index is 11.7. The molecule has 0 saturated carbocycles. The van der Waals surface area contributed by atoms with E-state index in [1.54, 1.807) is 6.20 Å². The normalized spacial score (nSPS) is 18.2. The third kappa shape index (κ3) is 2.08. The van der Waals surface area contributed by atoms with Crippen molar-refractivity contribution in [3.63, 3.8) is 0 Å². The lowest BCUT2D eigenvalue weighted by molar-refractivity contribution is -0.143. The zero-order chi connectivity index (χ0) is 13.4. The number of benzene rings is 1. The van der Waals surface area contributed by atoms with Crippen LogP contribution in [0.4, 0.5) is 5.69 Å². The van der Waals surface area contributed by atoms with Gasteiger partial charge in [-0.25, -0.2) is 4.79 Å². The zero-order valence-electron chi connectivity index (χ0n) is 10.5. The molecule has 19 heavy (non-hydrogen) atoms. The third-order valence-corrected chi connectivity index (χ3v) is 3.89. The lowest BCUT2D eigenvalue weighted by Gasteiger charge is -2.40. The first kappa shape index (κ1) is 12.4. The summed E-state index contributed by atoms with van der Waals surface area (Å²) in [7, 11) is 1.43.